The van der Waals surface area contributed by atoms with Crippen LogP contribution in [0.15, 0.2) is 12.4 Å². The van der Waals surface area contributed by atoms with Crippen LogP contribution < -0.4 is 5.73 Å². The minimum Gasteiger partial charge on any atom is -0.382 e. The highest BCUT2D eigenvalue weighted by molar-refractivity contribution is 5.92. The molecule has 2 saturated heterocycles. The van der Waals surface area contributed by atoms with Gasteiger partial charge in [0.05, 0.1) is 12.4 Å². The number of hydrogen-bond donors (Lipinski definition) is 1. The zero-order valence-corrected chi connectivity index (χ0v) is 11.0. The van der Waals surface area contributed by atoms with Gasteiger partial charge in [-0.1, -0.05) is 0 Å². The van der Waals surface area contributed by atoms with E-state index in [4.69, 9.17) is 5.73 Å². The van der Waals surface area contributed by atoms with Crippen LogP contribution in [-0.4, -0.2) is 57.9 Å². The number of likely N-dealkylation sites (tertiary alicyclic amines) is 2. The molecule has 1 aromatic heterocycles. The number of carbonyl (C=O) groups excluding carboxylic acids is 1. The van der Waals surface area contributed by atoms with E-state index in [1.165, 1.54) is 38.3 Å². The molecule has 0 radical (unpaired) electrons. The molecule has 2 N–H and O–H groups in total. The maximum absolute atomic E-state index is 12.3. The zero-order chi connectivity index (χ0) is 13.2. The third kappa shape index (κ3) is 2.53. The molecular weight excluding hydrogens is 242 g/mol. The molecule has 0 aromatic carbocycles. The lowest BCUT2D eigenvalue weighted by molar-refractivity contribution is 0.0774. The van der Waals surface area contributed by atoms with Gasteiger partial charge in [-0.25, -0.2) is 9.97 Å². The fourth-order valence-electron chi connectivity index (χ4n) is 2.94. The van der Waals surface area contributed by atoms with Crippen molar-refractivity contribution in [1.29, 1.82) is 0 Å². The molecule has 2 aliphatic rings. The van der Waals surface area contributed by atoms with E-state index >= 15 is 0 Å². The second-order valence-corrected chi connectivity index (χ2v) is 5.26. The Balaban J connectivity index is 1.63. The molecule has 1 unspecified atom stereocenters. The summed E-state index contributed by atoms with van der Waals surface area (Å²) in [5, 5.41) is 0. The van der Waals surface area contributed by atoms with Crippen molar-refractivity contribution in [3.63, 3.8) is 0 Å². The molecule has 6 heteroatoms. The fraction of sp³-hybridized carbons (Fsp3) is 0.615. The molecule has 2 aliphatic heterocycles. The number of aromatic nitrogens is 2. The molecule has 0 saturated carbocycles. The molecule has 3 rings (SSSR count). The minimum atomic E-state index is -0.0332. The summed E-state index contributed by atoms with van der Waals surface area (Å²) in [5.41, 5.74) is 5.87. The Hall–Kier alpha value is -1.69. The van der Waals surface area contributed by atoms with Gasteiger partial charge in [0.1, 0.15) is 11.5 Å². The predicted octanol–water partition coefficient (Wildman–Crippen LogP) is 0.369. The summed E-state index contributed by atoms with van der Waals surface area (Å²) in [4.78, 5) is 24.6. The molecule has 0 spiro atoms. The average Bonchev–Trinajstić information content (AvgIpc) is 3.10. The summed E-state index contributed by atoms with van der Waals surface area (Å²) >= 11 is 0. The monoisotopic (exact) mass is 261 g/mol. The maximum Gasteiger partial charge on any atom is 0.274 e. The number of amides is 1. The first-order valence-electron chi connectivity index (χ1n) is 6.85. The van der Waals surface area contributed by atoms with Crippen LogP contribution in [0.3, 0.4) is 0 Å². The van der Waals surface area contributed by atoms with E-state index in [0.29, 0.717) is 17.6 Å². The van der Waals surface area contributed by atoms with Gasteiger partial charge in [0.15, 0.2) is 0 Å². The van der Waals surface area contributed by atoms with E-state index in [1.807, 2.05) is 4.90 Å². The number of nitrogens with two attached hydrogens (primary N) is 1. The first-order valence-corrected chi connectivity index (χ1v) is 6.85. The minimum absolute atomic E-state index is 0.0332. The van der Waals surface area contributed by atoms with Gasteiger partial charge in [-0.3, -0.25) is 9.69 Å². The topological polar surface area (TPSA) is 75.3 Å². The van der Waals surface area contributed by atoms with Crippen molar-refractivity contribution in [3.05, 3.63) is 18.1 Å². The lowest BCUT2D eigenvalue weighted by Crippen LogP contribution is -2.37. The molecule has 19 heavy (non-hydrogen) atoms. The molecule has 102 valence electrons. The quantitative estimate of drug-likeness (QED) is 0.832. The molecule has 2 fully saturated rings. The largest absolute Gasteiger partial charge is 0.382 e. The van der Waals surface area contributed by atoms with Crippen molar-refractivity contribution in [1.82, 2.24) is 19.8 Å². The van der Waals surface area contributed by atoms with Gasteiger partial charge in [-0.05, 0) is 32.4 Å². The maximum atomic E-state index is 12.3. The van der Waals surface area contributed by atoms with E-state index in [-0.39, 0.29) is 5.91 Å². The summed E-state index contributed by atoms with van der Waals surface area (Å²) in [7, 11) is 0. The third-order valence-corrected chi connectivity index (χ3v) is 4.00. The van der Waals surface area contributed by atoms with Crippen LogP contribution in [0.5, 0.6) is 0 Å². The number of carbonyl (C=O) groups is 1. The summed E-state index contributed by atoms with van der Waals surface area (Å²) in [6, 6.07) is 0.521. The molecular formula is C13H19N5O. The molecule has 0 bridgehead atoms. The lowest BCUT2D eigenvalue weighted by Gasteiger charge is -2.23. The highest BCUT2D eigenvalue weighted by Crippen LogP contribution is 2.21. The Labute approximate surface area is 112 Å². The second kappa shape index (κ2) is 5.13. The van der Waals surface area contributed by atoms with Gasteiger partial charge in [0, 0.05) is 19.1 Å². The molecule has 3 heterocycles. The molecule has 6 nitrogen and oxygen atoms in total. The standard InChI is InChI=1S/C13H19N5O/c14-12-8-15-11(7-16-12)13(19)18-6-3-10(9-18)17-4-1-2-5-17/h7-8,10H,1-6,9H2,(H2,14,16). The van der Waals surface area contributed by atoms with Crippen LogP contribution in [0.4, 0.5) is 5.82 Å². The normalized spacial score (nSPS) is 24.0. The summed E-state index contributed by atoms with van der Waals surface area (Å²) in [6.07, 6.45) is 6.53. The van der Waals surface area contributed by atoms with E-state index in [0.717, 1.165) is 19.5 Å². The van der Waals surface area contributed by atoms with Gasteiger partial charge < -0.3 is 10.6 Å². The van der Waals surface area contributed by atoms with Crippen molar-refractivity contribution in [2.24, 2.45) is 0 Å². The van der Waals surface area contributed by atoms with Crippen LogP contribution in [0.1, 0.15) is 29.8 Å². The van der Waals surface area contributed by atoms with E-state index < -0.39 is 0 Å². The van der Waals surface area contributed by atoms with Crippen molar-refractivity contribution in [3.8, 4) is 0 Å². The lowest BCUT2D eigenvalue weighted by atomic mass is 10.2. The summed E-state index contributed by atoms with van der Waals surface area (Å²) in [6.45, 7) is 3.97. The number of anilines is 1. The van der Waals surface area contributed by atoms with Gasteiger partial charge in [0.25, 0.3) is 5.91 Å². The molecule has 1 aromatic rings. The molecule has 0 aliphatic carbocycles. The van der Waals surface area contributed by atoms with Crippen molar-refractivity contribution < 1.29 is 4.79 Å². The Morgan fingerprint density at radius 1 is 1.21 bits per heavy atom. The number of nitrogens with zero attached hydrogens (tertiary/aromatic N) is 4. The van der Waals surface area contributed by atoms with Crippen LogP contribution in [0.2, 0.25) is 0 Å². The SMILES string of the molecule is Nc1cnc(C(=O)N2CCC(N3CCCC3)C2)cn1. The van der Waals surface area contributed by atoms with Crippen molar-refractivity contribution in [2.45, 2.75) is 25.3 Å². The van der Waals surface area contributed by atoms with Crippen LogP contribution >= 0.6 is 0 Å². The highest BCUT2D eigenvalue weighted by atomic mass is 16.2. The Bertz CT molecular complexity index is 455. The highest BCUT2D eigenvalue weighted by Gasteiger charge is 2.32. The Kier molecular flexibility index (Phi) is 3.33. The Morgan fingerprint density at radius 3 is 2.68 bits per heavy atom. The Morgan fingerprint density at radius 2 is 2.00 bits per heavy atom. The van der Waals surface area contributed by atoms with Gasteiger partial charge >= 0.3 is 0 Å². The van der Waals surface area contributed by atoms with E-state index in [9.17, 15) is 4.79 Å². The zero-order valence-electron chi connectivity index (χ0n) is 11.0. The van der Waals surface area contributed by atoms with E-state index in [1.54, 1.807) is 0 Å². The van der Waals surface area contributed by atoms with Crippen LogP contribution in [-0.2, 0) is 0 Å². The summed E-state index contributed by atoms with van der Waals surface area (Å²) < 4.78 is 0. The first-order chi connectivity index (χ1) is 9.24. The van der Waals surface area contributed by atoms with Crippen LogP contribution in [0.25, 0.3) is 0 Å². The smallest absolute Gasteiger partial charge is 0.274 e. The number of rotatable bonds is 2. The van der Waals surface area contributed by atoms with Gasteiger partial charge in [0.2, 0.25) is 0 Å². The fourth-order valence-corrected chi connectivity index (χ4v) is 2.94. The summed E-state index contributed by atoms with van der Waals surface area (Å²) in [5.74, 6) is 0.308. The van der Waals surface area contributed by atoms with Crippen molar-refractivity contribution in [2.75, 3.05) is 31.9 Å². The molecule has 1 amide bonds. The van der Waals surface area contributed by atoms with Gasteiger partial charge in [-0.2, -0.15) is 0 Å². The first kappa shape index (κ1) is 12.3. The number of nitrogen functional groups attached to an aromatic ring is 1. The van der Waals surface area contributed by atoms with E-state index in [2.05, 4.69) is 14.9 Å². The van der Waals surface area contributed by atoms with Crippen molar-refractivity contribution >= 4 is 11.7 Å². The van der Waals surface area contributed by atoms with Gasteiger partial charge in [-0.15, -0.1) is 0 Å². The number of hydrogen-bond acceptors (Lipinski definition) is 5. The predicted molar refractivity (Wildman–Crippen MR) is 71.6 cm³/mol. The molecule has 1 atom stereocenters. The van der Waals surface area contributed by atoms with Crippen LogP contribution in [0, 0.1) is 0 Å². The second-order valence-electron chi connectivity index (χ2n) is 5.26. The average molecular weight is 261 g/mol. The third-order valence-electron chi connectivity index (χ3n) is 4.00.